The van der Waals surface area contributed by atoms with Crippen molar-refractivity contribution in [3.63, 3.8) is 0 Å². The van der Waals surface area contributed by atoms with Crippen molar-refractivity contribution < 1.29 is 4.79 Å². The van der Waals surface area contributed by atoms with Crippen LogP contribution >= 0.6 is 0 Å². The molecule has 0 N–H and O–H groups in total. The fraction of sp³-hybridized carbons (Fsp3) is 0.368. The molecule has 4 nitrogen and oxygen atoms in total. The Hall–Kier alpha value is -2.20. The summed E-state index contributed by atoms with van der Waals surface area (Å²) in [4.78, 5) is 21.0. The van der Waals surface area contributed by atoms with Crippen LogP contribution in [0.25, 0.3) is 0 Å². The molecule has 0 saturated carbocycles. The Bertz CT molecular complexity index is 615. The lowest BCUT2D eigenvalue weighted by Crippen LogP contribution is -2.33. The maximum atomic E-state index is 12.3. The summed E-state index contributed by atoms with van der Waals surface area (Å²) >= 11 is 0. The van der Waals surface area contributed by atoms with Gasteiger partial charge in [-0.15, -0.1) is 0 Å². The lowest BCUT2D eigenvalue weighted by atomic mass is 10.1. The van der Waals surface area contributed by atoms with Crippen LogP contribution < -0.4 is 0 Å². The van der Waals surface area contributed by atoms with E-state index in [1.807, 2.05) is 29.2 Å². The first-order chi connectivity index (χ1) is 11.3. The van der Waals surface area contributed by atoms with Gasteiger partial charge in [-0.05, 0) is 24.1 Å². The molecule has 1 amide bonds. The molecule has 0 bridgehead atoms. The third-order valence-electron chi connectivity index (χ3n) is 4.32. The van der Waals surface area contributed by atoms with Crippen molar-refractivity contribution in [3.05, 3.63) is 66.0 Å². The topological polar surface area (TPSA) is 36.4 Å². The average molecular weight is 309 g/mol. The number of hydrogen-bond acceptors (Lipinski definition) is 3. The van der Waals surface area contributed by atoms with E-state index < -0.39 is 0 Å². The number of amides is 1. The van der Waals surface area contributed by atoms with E-state index in [-0.39, 0.29) is 5.91 Å². The number of hydrogen-bond donors (Lipinski definition) is 0. The first-order valence-electron chi connectivity index (χ1n) is 8.25. The summed E-state index contributed by atoms with van der Waals surface area (Å²) in [6, 6.07) is 16.4. The molecular weight excluding hydrogens is 286 g/mol. The fourth-order valence-corrected chi connectivity index (χ4v) is 2.92. The molecule has 0 spiro atoms. The molecule has 4 heteroatoms. The molecule has 1 aromatic carbocycles. The standard InChI is InChI=1S/C19H23N3O/c23-19-10-13-21(12-9-17-6-2-1-3-7-17)14-15-22(19)16-18-8-4-5-11-20-18/h1-8,11H,9-10,12-16H2. The Labute approximate surface area is 137 Å². The molecule has 0 atom stereocenters. The normalized spacial score (nSPS) is 16.3. The smallest absolute Gasteiger partial charge is 0.224 e. The summed E-state index contributed by atoms with van der Waals surface area (Å²) in [6.07, 6.45) is 3.42. The minimum Gasteiger partial charge on any atom is -0.335 e. The fourth-order valence-electron chi connectivity index (χ4n) is 2.92. The lowest BCUT2D eigenvalue weighted by Gasteiger charge is -2.21. The second kappa shape index (κ2) is 7.88. The van der Waals surface area contributed by atoms with Crippen LogP contribution in [-0.2, 0) is 17.8 Å². The third-order valence-corrected chi connectivity index (χ3v) is 4.32. The van der Waals surface area contributed by atoms with Crippen LogP contribution in [0.15, 0.2) is 54.7 Å². The maximum absolute atomic E-state index is 12.3. The second-order valence-corrected chi connectivity index (χ2v) is 5.96. The van der Waals surface area contributed by atoms with E-state index in [4.69, 9.17) is 0 Å². The first kappa shape index (κ1) is 15.7. The van der Waals surface area contributed by atoms with Crippen LogP contribution in [0.2, 0.25) is 0 Å². The van der Waals surface area contributed by atoms with E-state index in [2.05, 4.69) is 34.1 Å². The number of pyridine rings is 1. The van der Waals surface area contributed by atoms with E-state index in [0.29, 0.717) is 13.0 Å². The zero-order valence-electron chi connectivity index (χ0n) is 13.4. The van der Waals surface area contributed by atoms with E-state index in [1.165, 1.54) is 5.56 Å². The summed E-state index contributed by atoms with van der Waals surface area (Å²) in [7, 11) is 0. The molecule has 0 radical (unpaired) electrons. The number of aromatic nitrogens is 1. The van der Waals surface area contributed by atoms with Gasteiger partial charge >= 0.3 is 0 Å². The van der Waals surface area contributed by atoms with Crippen LogP contribution in [0, 0.1) is 0 Å². The highest BCUT2D eigenvalue weighted by Gasteiger charge is 2.21. The van der Waals surface area contributed by atoms with Gasteiger partial charge in [-0.1, -0.05) is 36.4 Å². The van der Waals surface area contributed by atoms with Gasteiger partial charge in [-0.25, -0.2) is 0 Å². The number of carbonyl (C=O) groups is 1. The molecular formula is C19H23N3O. The second-order valence-electron chi connectivity index (χ2n) is 5.96. The molecule has 1 fully saturated rings. The van der Waals surface area contributed by atoms with E-state index in [9.17, 15) is 4.79 Å². The van der Waals surface area contributed by atoms with Crippen molar-refractivity contribution in [3.8, 4) is 0 Å². The van der Waals surface area contributed by atoms with E-state index in [1.54, 1.807) is 6.20 Å². The predicted octanol–water partition coefficient (Wildman–Crippen LogP) is 2.36. The minimum absolute atomic E-state index is 0.234. The summed E-state index contributed by atoms with van der Waals surface area (Å²) in [5.74, 6) is 0.234. The van der Waals surface area contributed by atoms with Crippen molar-refractivity contribution in [2.45, 2.75) is 19.4 Å². The summed E-state index contributed by atoms with van der Waals surface area (Å²) in [5, 5.41) is 0. The van der Waals surface area contributed by atoms with Crippen molar-refractivity contribution >= 4 is 5.91 Å². The Kier molecular flexibility index (Phi) is 5.37. The van der Waals surface area contributed by atoms with E-state index in [0.717, 1.165) is 38.3 Å². The molecule has 1 aromatic heterocycles. The molecule has 2 aromatic rings. The maximum Gasteiger partial charge on any atom is 0.224 e. The zero-order chi connectivity index (χ0) is 15.9. The van der Waals surface area contributed by atoms with Crippen molar-refractivity contribution in [1.29, 1.82) is 0 Å². The van der Waals surface area contributed by atoms with Gasteiger partial charge < -0.3 is 9.80 Å². The van der Waals surface area contributed by atoms with Crippen molar-refractivity contribution in [1.82, 2.24) is 14.8 Å². The Balaban J connectivity index is 1.52. The zero-order valence-corrected chi connectivity index (χ0v) is 13.4. The quantitative estimate of drug-likeness (QED) is 0.851. The Morgan fingerprint density at radius 1 is 0.957 bits per heavy atom. The molecule has 1 aliphatic rings. The van der Waals surface area contributed by atoms with Gasteiger partial charge in [0.05, 0.1) is 12.2 Å². The number of rotatable bonds is 5. The number of nitrogens with zero attached hydrogens (tertiary/aromatic N) is 3. The van der Waals surface area contributed by atoms with Crippen LogP contribution in [-0.4, -0.2) is 46.9 Å². The molecule has 1 saturated heterocycles. The molecule has 0 aliphatic carbocycles. The highest BCUT2D eigenvalue weighted by molar-refractivity contribution is 5.76. The van der Waals surface area contributed by atoms with Gasteiger partial charge in [-0.3, -0.25) is 9.78 Å². The molecule has 120 valence electrons. The lowest BCUT2D eigenvalue weighted by molar-refractivity contribution is -0.131. The van der Waals surface area contributed by atoms with Crippen LogP contribution in [0.4, 0.5) is 0 Å². The molecule has 1 aliphatic heterocycles. The third kappa shape index (κ3) is 4.63. The highest BCUT2D eigenvalue weighted by Crippen LogP contribution is 2.10. The molecule has 23 heavy (non-hydrogen) atoms. The van der Waals surface area contributed by atoms with Gasteiger partial charge in [0.2, 0.25) is 5.91 Å². The van der Waals surface area contributed by atoms with Gasteiger partial charge in [-0.2, -0.15) is 0 Å². The Morgan fingerprint density at radius 3 is 2.57 bits per heavy atom. The largest absolute Gasteiger partial charge is 0.335 e. The van der Waals surface area contributed by atoms with Crippen LogP contribution in [0.3, 0.4) is 0 Å². The van der Waals surface area contributed by atoms with Crippen LogP contribution in [0.1, 0.15) is 17.7 Å². The van der Waals surface area contributed by atoms with E-state index >= 15 is 0 Å². The van der Waals surface area contributed by atoms with Gasteiger partial charge in [0.25, 0.3) is 0 Å². The summed E-state index contributed by atoms with van der Waals surface area (Å²) in [5.41, 5.74) is 2.31. The monoisotopic (exact) mass is 309 g/mol. The summed E-state index contributed by atoms with van der Waals surface area (Å²) in [6.45, 7) is 4.20. The number of benzene rings is 1. The van der Waals surface area contributed by atoms with Gasteiger partial charge in [0, 0.05) is 38.8 Å². The van der Waals surface area contributed by atoms with Crippen molar-refractivity contribution in [2.24, 2.45) is 0 Å². The molecule has 0 unspecified atom stereocenters. The molecule has 3 rings (SSSR count). The van der Waals surface area contributed by atoms with Gasteiger partial charge in [0.15, 0.2) is 0 Å². The molecule has 2 heterocycles. The van der Waals surface area contributed by atoms with Crippen molar-refractivity contribution in [2.75, 3.05) is 26.2 Å². The highest BCUT2D eigenvalue weighted by atomic mass is 16.2. The summed E-state index contributed by atoms with van der Waals surface area (Å²) < 4.78 is 0. The Morgan fingerprint density at radius 2 is 1.78 bits per heavy atom. The number of carbonyl (C=O) groups excluding carboxylic acids is 1. The first-order valence-corrected chi connectivity index (χ1v) is 8.25. The van der Waals surface area contributed by atoms with Gasteiger partial charge in [0.1, 0.15) is 0 Å². The average Bonchev–Trinajstić information content (AvgIpc) is 2.77. The SMILES string of the molecule is O=C1CCN(CCc2ccccc2)CCN1Cc1ccccn1. The minimum atomic E-state index is 0.234. The van der Waals surface area contributed by atoms with Crippen LogP contribution in [0.5, 0.6) is 0 Å². The predicted molar refractivity (Wildman–Crippen MR) is 90.9 cm³/mol.